The van der Waals surface area contributed by atoms with Crippen LogP contribution in [-0.2, 0) is 0 Å². The van der Waals surface area contributed by atoms with Gasteiger partial charge in [-0.2, -0.15) is 0 Å². The third-order valence-electron chi connectivity index (χ3n) is 2.33. The highest BCUT2D eigenvalue weighted by molar-refractivity contribution is 5.89. The number of hydrogen-bond acceptors (Lipinski definition) is 1. The minimum Gasteiger partial charge on any atom is -0.478 e. The van der Waals surface area contributed by atoms with Crippen LogP contribution in [0, 0.1) is 0 Å². The van der Waals surface area contributed by atoms with E-state index in [1.54, 1.807) is 6.20 Å². The van der Waals surface area contributed by atoms with Gasteiger partial charge in [-0.05, 0) is 25.3 Å². The highest BCUT2D eigenvalue weighted by Crippen LogP contribution is 2.22. The van der Waals surface area contributed by atoms with Crippen molar-refractivity contribution in [3.63, 3.8) is 0 Å². The summed E-state index contributed by atoms with van der Waals surface area (Å²) in [7, 11) is 0. The normalized spacial score (nSPS) is 11.3. The van der Waals surface area contributed by atoms with E-state index in [1.165, 1.54) is 0 Å². The van der Waals surface area contributed by atoms with E-state index in [4.69, 9.17) is 5.11 Å². The third kappa shape index (κ3) is 1.97. The van der Waals surface area contributed by atoms with E-state index in [-0.39, 0.29) is 5.92 Å². The predicted molar refractivity (Wildman–Crippen MR) is 55.9 cm³/mol. The van der Waals surface area contributed by atoms with Crippen molar-refractivity contribution < 1.29 is 9.90 Å². The van der Waals surface area contributed by atoms with E-state index in [0.717, 1.165) is 5.56 Å². The molecule has 1 aromatic rings. The smallest absolute Gasteiger partial charge is 0.337 e. The molecule has 0 radical (unpaired) electrons. The van der Waals surface area contributed by atoms with E-state index in [0.29, 0.717) is 11.6 Å². The molecule has 1 heterocycles. The first-order valence-electron chi connectivity index (χ1n) is 4.88. The number of carboxylic acids is 1. The van der Waals surface area contributed by atoms with Crippen molar-refractivity contribution in [2.45, 2.75) is 39.7 Å². The Labute approximate surface area is 84.4 Å². The Kier molecular flexibility index (Phi) is 2.99. The molecule has 0 saturated carbocycles. The molecule has 1 rings (SSSR count). The van der Waals surface area contributed by atoms with E-state index in [2.05, 4.69) is 0 Å². The van der Waals surface area contributed by atoms with Crippen LogP contribution in [0.25, 0.3) is 0 Å². The fourth-order valence-electron chi connectivity index (χ4n) is 1.43. The molecule has 78 valence electrons. The summed E-state index contributed by atoms with van der Waals surface area (Å²) in [6.07, 6.45) is 3.64. The van der Waals surface area contributed by atoms with Gasteiger partial charge in [-0.3, -0.25) is 0 Å². The Morgan fingerprint density at radius 3 is 2.14 bits per heavy atom. The lowest BCUT2D eigenvalue weighted by molar-refractivity contribution is 0.0695. The number of aromatic carboxylic acids is 1. The first-order valence-corrected chi connectivity index (χ1v) is 4.88. The largest absolute Gasteiger partial charge is 0.478 e. The summed E-state index contributed by atoms with van der Waals surface area (Å²) in [6, 6.07) is 0.306. The highest BCUT2D eigenvalue weighted by atomic mass is 16.4. The number of rotatable bonds is 3. The van der Waals surface area contributed by atoms with Crippen molar-refractivity contribution in [1.82, 2.24) is 4.57 Å². The maximum atomic E-state index is 10.9. The second-order valence-corrected chi connectivity index (χ2v) is 4.13. The van der Waals surface area contributed by atoms with Crippen LogP contribution in [0.1, 0.15) is 55.6 Å². The maximum absolute atomic E-state index is 10.9. The van der Waals surface area contributed by atoms with Gasteiger partial charge in [0.2, 0.25) is 0 Å². The van der Waals surface area contributed by atoms with Gasteiger partial charge in [-0.25, -0.2) is 4.79 Å². The predicted octanol–water partition coefficient (Wildman–Crippen LogP) is 2.89. The minimum atomic E-state index is -0.840. The number of carbonyl (C=O) groups is 1. The van der Waals surface area contributed by atoms with Gasteiger partial charge in [0.05, 0.1) is 5.56 Å². The third-order valence-corrected chi connectivity index (χ3v) is 2.33. The number of nitrogens with zero attached hydrogens (tertiary/aromatic N) is 1. The lowest BCUT2D eigenvalue weighted by atomic mass is 10.0. The first kappa shape index (κ1) is 10.8. The minimum absolute atomic E-state index is 0.251. The zero-order valence-corrected chi connectivity index (χ0v) is 9.11. The van der Waals surface area contributed by atoms with Gasteiger partial charge >= 0.3 is 5.97 Å². The molecule has 3 heteroatoms. The van der Waals surface area contributed by atoms with Crippen molar-refractivity contribution in [3.8, 4) is 0 Å². The first-order chi connectivity index (χ1) is 6.43. The topological polar surface area (TPSA) is 42.2 Å². The van der Waals surface area contributed by atoms with Gasteiger partial charge in [0, 0.05) is 18.4 Å². The molecule has 0 aliphatic carbocycles. The molecule has 0 fully saturated rings. The van der Waals surface area contributed by atoms with Crippen molar-refractivity contribution >= 4 is 5.97 Å². The molecule has 0 atom stereocenters. The van der Waals surface area contributed by atoms with Gasteiger partial charge in [-0.1, -0.05) is 13.8 Å². The SMILES string of the molecule is CC(C)c1cn(C(C)C)cc1C(=O)O. The molecule has 0 bridgehead atoms. The number of aromatic nitrogens is 1. The van der Waals surface area contributed by atoms with Gasteiger partial charge in [0.15, 0.2) is 0 Å². The van der Waals surface area contributed by atoms with E-state index >= 15 is 0 Å². The average Bonchev–Trinajstić information content (AvgIpc) is 2.47. The molecule has 0 unspecified atom stereocenters. The lowest BCUT2D eigenvalue weighted by Gasteiger charge is -2.05. The molecule has 0 saturated heterocycles. The van der Waals surface area contributed by atoms with E-state index in [9.17, 15) is 4.79 Å². The van der Waals surface area contributed by atoms with Crippen molar-refractivity contribution in [3.05, 3.63) is 23.5 Å². The summed E-state index contributed by atoms with van der Waals surface area (Å²) in [5.74, 6) is -0.589. The summed E-state index contributed by atoms with van der Waals surface area (Å²) >= 11 is 0. The van der Waals surface area contributed by atoms with Gasteiger partial charge in [0.1, 0.15) is 0 Å². The maximum Gasteiger partial charge on any atom is 0.337 e. The van der Waals surface area contributed by atoms with Crippen LogP contribution in [0.3, 0.4) is 0 Å². The van der Waals surface area contributed by atoms with Crippen LogP contribution in [0.5, 0.6) is 0 Å². The molecule has 14 heavy (non-hydrogen) atoms. The molecule has 1 N–H and O–H groups in total. The molecule has 0 spiro atoms. The van der Waals surface area contributed by atoms with Gasteiger partial charge in [-0.15, -0.1) is 0 Å². The van der Waals surface area contributed by atoms with Crippen molar-refractivity contribution in [2.24, 2.45) is 0 Å². The van der Waals surface area contributed by atoms with Crippen LogP contribution >= 0.6 is 0 Å². The summed E-state index contributed by atoms with van der Waals surface area (Å²) in [6.45, 7) is 8.09. The standard InChI is InChI=1S/C11H17NO2/c1-7(2)9-5-12(8(3)4)6-10(9)11(13)14/h5-8H,1-4H3,(H,13,14). The summed E-state index contributed by atoms with van der Waals surface area (Å²) in [5, 5.41) is 9.00. The van der Waals surface area contributed by atoms with E-state index < -0.39 is 5.97 Å². The molecular formula is C11H17NO2. The Balaban J connectivity index is 3.19. The second kappa shape index (κ2) is 3.86. The fraction of sp³-hybridized carbons (Fsp3) is 0.545. The lowest BCUT2D eigenvalue weighted by Crippen LogP contribution is -2.00. The fourth-order valence-corrected chi connectivity index (χ4v) is 1.43. The monoisotopic (exact) mass is 195 g/mol. The number of hydrogen-bond donors (Lipinski definition) is 1. The molecule has 0 aliphatic heterocycles. The van der Waals surface area contributed by atoms with Crippen LogP contribution in [-0.4, -0.2) is 15.6 Å². The van der Waals surface area contributed by atoms with Gasteiger partial charge in [0.25, 0.3) is 0 Å². The second-order valence-electron chi connectivity index (χ2n) is 4.13. The molecule has 0 aromatic carbocycles. The van der Waals surface area contributed by atoms with Gasteiger partial charge < -0.3 is 9.67 Å². The zero-order valence-electron chi connectivity index (χ0n) is 9.11. The average molecular weight is 195 g/mol. The summed E-state index contributed by atoms with van der Waals surface area (Å²) in [4.78, 5) is 10.9. The Morgan fingerprint density at radius 1 is 1.29 bits per heavy atom. The Hall–Kier alpha value is -1.25. The molecular weight excluding hydrogens is 178 g/mol. The van der Waals surface area contributed by atoms with Crippen molar-refractivity contribution in [2.75, 3.05) is 0 Å². The van der Waals surface area contributed by atoms with Crippen LogP contribution in [0.2, 0.25) is 0 Å². The quantitative estimate of drug-likeness (QED) is 0.805. The van der Waals surface area contributed by atoms with Crippen molar-refractivity contribution in [1.29, 1.82) is 0 Å². The van der Waals surface area contributed by atoms with E-state index in [1.807, 2.05) is 38.5 Å². The zero-order chi connectivity index (χ0) is 10.9. The summed E-state index contributed by atoms with van der Waals surface area (Å²) < 4.78 is 1.94. The Bertz CT molecular complexity index is 337. The van der Waals surface area contributed by atoms with Crippen LogP contribution < -0.4 is 0 Å². The molecule has 0 aliphatic rings. The summed E-state index contributed by atoms with van der Waals surface area (Å²) in [5.41, 5.74) is 1.33. The molecule has 3 nitrogen and oxygen atoms in total. The highest BCUT2D eigenvalue weighted by Gasteiger charge is 2.16. The van der Waals surface area contributed by atoms with Crippen LogP contribution in [0.4, 0.5) is 0 Å². The van der Waals surface area contributed by atoms with Crippen LogP contribution in [0.15, 0.2) is 12.4 Å². The molecule has 1 aromatic heterocycles. The Morgan fingerprint density at radius 2 is 1.86 bits per heavy atom. The number of carboxylic acid groups (broad SMARTS) is 1. The molecule has 0 amide bonds.